The molecule has 104 valence electrons. The van der Waals surface area contributed by atoms with E-state index in [4.69, 9.17) is 4.74 Å². The van der Waals surface area contributed by atoms with Crippen LogP contribution in [0.2, 0.25) is 0 Å². The standard InChI is InChI=1S/C17H19NO2/c1-13-3-9-16(10-4-13)17(19)18-11-14-5-7-15(8-6-14)12-20-2/h3-10H,11-12H2,1-2H3,(H,18,19). The van der Waals surface area contributed by atoms with Crippen LogP contribution in [0, 0.1) is 6.92 Å². The van der Waals surface area contributed by atoms with E-state index in [0.717, 1.165) is 16.7 Å². The molecule has 1 N–H and O–H groups in total. The minimum absolute atomic E-state index is 0.0500. The van der Waals surface area contributed by atoms with Gasteiger partial charge in [0.2, 0.25) is 0 Å². The zero-order valence-corrected chi connectivity index (χ0v) is 11.8. The SMILES string of the molecule is COCc1ccc(CNC(=O)c2ccc(C)cc2)cc1. The Labute approximate surface area is 119 Å². The highest BCUT2D eigenvalue weighted by Gasteiger charge is 2.04. The fraction of sp³-hybridized carbons (Fsp3) is 0.235. The van der Waals surface area contributed by atoms with Crippen LogP contribution in [0.4, 0.5) is 0 Å². The lowest BCUT2D eigenvalue weighted by atomic mass is 10.1. The van der Waals surface area contributed by atoms with Crippen molar-refractivity contribution in [3.05, 3.63) is 70.8 Å². The largest absolute Gasteiger partial charge is 0.380 e. The lowest BCUT2D eigenvalue weighted by molar-refractivity contribution is 0.0951. The monoisotopic (exact) mass is 269 g/mol. The smallest absolute Gasteiger partial charge is 0.251 e. The van der Waals surface area contributed by atoms with E-state index in [9.17, 15) is 4.79 Å². The van der Waals surface area contributed by atoms with E-state index in [-0.39, 0.29) is 5.91 Å². The van der Waals surface area contributed by atoms with Crippen molar-refractivity contribution in [2.24, 2.45) is 0 Å². The number of carbonyl (C=O) groups excluding carboxylic acids is 1. The highest BCUT2D eigenvalue weighted by atomic mass is 16.5. The van der Waals surface area contributed by atoms with Crippen molar-refractivity contribution < 1.29 is 9.53 Å². The molecule has 0 aromatic heterocycles. The van der Waals surface area contributed by atoms with Gasteiger partial charge in [-0.05, 0) is 30.2 Å². The zero-order valence-electron chi connectivity index (χ0n) is 11.8. The molecule has 0 aliphatic carbocycles. The van der Waals surface area contributed by atoms with Crippen LogP contribution in [0.5, 0.6) is 0 Å². The van der Waals surface area contributed by atoms with Crippen LogP contribution in [-0.2, 0) is 17.9 Å². The molecule has 0 atom stereocenters. The van der Waals surface area contributed by atoms with Gasteiger partial charge in [-0.15, -0.1) is 0 Å². The average molecular weight is 269 g/mol. The first-order valence-corrected chi connectivity index (χ1v) is 6.60. The number of amides is 1. The van der Waals surface area contributed by atoms with Gasteiger partial charge >= 0.3 is 0 Å². The summed E-state index contributed by atoms with van der Waals surface area (Å²) in [4.78, 5) is 12.0. The van der Waals surface area contributed by atoms with Crippen LogP contribution in [0.3, 0.4) is 0 Å². The molecular weight excluding hydrogens is 250 g/mol. The second kappa shape index (κ2) is 6.87. The lowest BCUT2D eigenvalue weighted by Crippen LogP contribution is -2.22. The number of rotatable bonds is 5. The van der Waals surface area contributed by atoms with E-state index in [1.54, 1.807) is 7.11 Å². The third-order valence-electron chi connectivity index (χ3n) is 3.10. The summed E-state index contributed by atoms with van der Waals surface area (Å²) in [6.07, 6.45) is 0. The second-order valence-corrected chi connectivity index (χ2v) is 4.80. The summed E-state index contributed by atoms with van der Waals surface area (Å²) < 4.78 is 5.06. The van der Waals surface area contributed by atoms with Gasteiger partial charge < -0.3 is 10.1 Å². The van der Waals surface area contributed by atoms with Crippen molar-refractivity contribution in [1.82, 2.24) is 5.32 Å². The second-order valence-electron chi connectivity index (χ2n) is 4.80. The maximum absolute atomic E-state index is 12.0. The number of carbonyl (C=O) groups is 1. The Bertz CT molecular complexity index is 559. The van der Waals surface area contributed by atoms with Crippen molar-refractivity contribution in [3.8, 4) is 0 Å². The van der Waals surface area contributed by atoms with Crippen molar-refractivity contribution in [2.75, 3.05) is 7.11 Å². The van der Waals surface area contributed by atoms with Gasteiger partial charge in [-0.25, -0.2) is 0 Å². The number of ether oxygens (including phenoxy) is 1. The number of hydrogen-bond acceptors (Lipinski definition) is 2. The molecule has 0 fully saturated rings. The van der Waals surface area contributed by atoms with Crippen LogP contribution in [0.25, 0.3) is 0 Å². The molecule has 3 nitrogen and oxygen atoms in total. The van der Waals surface area contributed by atoms with Crippen molar-refractivity contribution in [3.63, 3.8) is 0 Å². The molecule has 2 rings (SSSR count). The van der Waals surface area contributed by atoms with E-state index in [2.05, 4.69) is 5.32 Å². The molecular formula is C17H19NO2. The molecule has 0 aliphatic rings. The normalized spacial score (nSPS) is 10.3. The Balaban J connectivity index is 1.91. The predicted octanol–water partition coefficient (Wildman–Crippen LogP) is 3.07. The van der Waals surface area contributed by atoms with Crippen LogP contribution >= 0.6 is 0 Å². The summed E-state index contributed by atoms with van der Waals surface area (Å²) in [5, 5.41) is 2.92. The van der Waals surface area contributed by atoms with Gasteiger partial charge in [0.05, 0.1) is 6.61 Å². The van der Waals surface area contributed by atoms with Crippen molar-refractivity contribution in [2.45, 2.75) is 20.1 Å². The molecule has 0 saturated heterocycles. The van der Waals surface area contributed by atoms with E-state index in [1.165, 1.54) is 0 Å². The summed E-state index contributed by atoms with van der Waals surface area (Å²) in [5.74, 6) is -0.0500. The molecule has 3 heteroatoms. The van der Waals surface area contributed by atoms with Gasteiger partial charge in [-0.2, -0.15) is 0 Å². The van der Waals surface area contributed by atoms with Gasteiger partial charge in [-0.1, -0.05) is 42.0 Å². The average Bonchev–Trinajstić information content (AvgIpc) is 2.47. The number of aryl methyl sites for hydroxylation is 1. The minimum atomic E-state index is -0.0500. The summed E-state index contributed by atoms with van der Waals surface area (Å²) in [6, 6.07) is 15.6. The fourth-order valence-corrected chi connectivity index (χ4v) is 1.91. The molecule has 0 bridgehead atoms. The maximum Gasteiger partial charge on any atom is 0.251 e. The summed E-state index contributed by atoms with van der Waals surface area (Å²) in [7, 11) is 1.68. The molecule has 1 amide bonds. The quantitative estimate of drug-likeness (QED) is 0.906. The van der Waals surface area contributed by atoms with Crippen LogP contribution < -0.4 is 5.32 Å². The number of methoxy groups -OCH3 is 1. The summed E-state index contributed by atoms with van der Waals surface area (Å²) in [6.45, 7) is 3.14. The minimum Gasteiger partial charge on any atom is -0.380 e. The van der Waals surface area contributed by atoms with E-state index < -0.39 is 0 Å². The highest BCUT2D eigenvalue weighted by molar-refractivity contribution is 5.94. The van der Waals surface area contributed by atoms with Gasteiger partial charge in [0.25, 0.3) is 5.91 Å². The molecule has 0 heterocycles. The number of hydrogen-bond donors (Lipinski definition) is 1. The Kier molecular flexibility index (Phi) is 4.91. The molecule has 20 heavy (non-hydrogen) atoms. The molecule has 0 radical (unpaired) electrons. The molecule has 0 spiro atoms. The fourth-order valence-electron chi connectivity index (χ4n) is 1.91. The third kappa shape index (κ3) is 3.93. The highest BCUT2D eigenvalue weighted by Crippen LogP contribution is 2.07. The van der Waals surface area contributed by atoms with Crippen LogP contribution in [0.15, 0.2) is 48.5 Å². The van der Waals surface area contributed by atoms with Gasteiger partial charge in [0.1, 0.15) is 0 Å². The van der Waals surface area contributed by atoms with Crippen molar-refractivity contribution in [1.29, 1.82) is 0 Å². The lowest BCUT2D eigenvalue weighted by Gasteiger charge is -2.07. The van der Waals surface area contributed by atoms with E-state index in [0.29, 0.717) is 18.7 Å². The van der Waals surface area contributed by atoms with Gasteiger partial charge in [0, 0.05) is 19.2 Å². The summed E-state index contributed by atoms with van der Waals surface area (Å²) in [5.41, 5.74) is 4.04. The molecule has 0 unspecified atom stereocenters. The topological polar surface area (TPSA) is 38.3 Å². The zero-order chi connectivity index (χ0) is 14.4. The van der Waals surface area contributed by atoms with Gasteiger partial charge in [-0.3, -0.25) is 4.79 Å². The van der Waals surface area contributed by atoms with E-state index >= 15 is 0 Å². The Hall–Kier alpha value is -2.13. The first-order valence-electron chi connectivity index (χ1n) is 6.60. The Morgan fingerprint density at radius 2 is 1.60 bits per heavy atom. The van der Waals surface area contributed by atoms with Gasteiger partial charge in [0.15, 0.2) is 0 Å². The summed E-state index contributed by atoms with van der Waals surface area (Å²) >= 11 is 0. The molecule has 2 aromatic rings. The molecule has 0 saturated carbocycles. The number of benzene rings is 2. The predicted molar refractivity (Wildman–Crippen MR) is 79.5 cm³/mol. The molecule has 2 aromatic carbocycles. The van der Waals surface area contributed by atoms with Crippen LogP contribution in [-0.4, -0.2) is 13.0 Å². The first-order chi connectivity index (χ1) is 9.69. The molecule has 0 aliphatic heterocycles. The van der Waals surface area contributed by atoms with Crippen LogP contribution in [0.1, 0.15) is 27.0 Å². The first kappa shape index (κ1) is 14.3. The Morgan fingerprint density at radius 1 is 1.00 bits per heavy atom. The van der Waals surface area contributed by atoms with Crippen molar-refractivity contribution >= 4 is 5.91 Å². The Morgan fingerprint density at radius 3 is 2.20 bits per heavy atom. The maximum atomic E-state index is 12.0. The third-order valence-corrected chi connectivity index (χ3v) is 3.10. The number of nitrogens with one attached hydrogen (secondary N) is 1. The van der Waals surface area contributed by atoms with E-state index in [1.807, 2.05) is 55.5 Å².